The molecule has 7 heteroatoms. The molecule has 6 nitrogen and oxygen atoms in total. The lowest BCUT2D eigenvalue weighted by Crippen LogP contribution is -2.29. The Hall–Kier alpha value is -2.22. The average Bonchev–Trinajstić information content (AvgIpc) is 2.66. The smallest absolute Gasteiger partial charge is 0.264 e. The number of benzene rings is 2. The topological polar surface area (TPSA) is 75.7 Å². The molecule has 140 valence electrons. The van der Waals surface area contributed by atoms with Crippen molar-refractivity contribution in [3.8, 4) is 0 Å². The molecule has 26 heavy (non-hydrogen) atoms. The Bertz CT molecular complexity index is 863. The van der Waals surface area contributed by atoms with Gasteiger partial charge in [-0.1, -0.05) is 47.3 Å². The summed E-state index contributed by atoms with van der Waals surface area (Å²) in [4.78, 5) is 17.4. The molecule has 2 rings (SSSR count). The molecule has 0 spiro atoms. The number of hydroxylamine groups is 1. The number of hydrogen-bond donors (Lipinski definition) is 1. The molecule has 0 aliphatic heterocycles. The molecular formula is C19H24N2O4S. The third-order valence-corrected chi connectivity index (χ3v) is 5.86. The van der Waals surface area contributed by atoms with Crippen molar-refractivity contribution in [2.24, 2.45) is 0 Å². The lowest BCUT2D eigenvalue weighted by molar-refractivity contribution is -0.0258. The van der Waals surface area contributed by atoms with Crippen LogP contribution in [0.4, 0.5) is 0 Å². The Balaban J connectivity index is 2.24. The van der Waals surface area contributed by atoms with Gasteiger partial charge in [-0.3, -0.25) is 9.63 Å². The zero-order valence-electron chi connectivity index (χ0n) is 15.4. The van der Waals surface area contributed by atoms with Gasteiger partial charge in [-0.25, -0.2) is 8.42 Å². The lowest BCUT2D eigenvalue weighted by atomic mass is 10.0. The number of hydrogen-bond acceptors (Lipinski definition) is 4. The Labute approximate surface area is 154 Å². The Morgan fingerprint density at radius 2 is 1.85 bits per heavy atom. The van der Waals surface area contributed by atoms with Crippen molar-refractivity contribution in [3.05, 3.63) is 65.2 Å². The SMILES string of the molecule is CC[C@H](NC(=O)c1cccc(S(=O)(=O)N(C)OC)c1)c1ccc(C)cc1. The summed E-state index contributed by atoms with van der Waals surface area (Å²) in [6, 6.07) is 13.7. The van der Waals surface area contributed by atoms with Crippen LogP contribution in [0.2, 0.25) is 0 Å². The van der Waals surface area contributed by atoms with Gasteiger partial charge in [0, 0.05) is 12.6 Å². The van der Waals surface area contributed by atoms with Crippen molar-refractivity contribution in [1.82, 2.24) is 9.79 Å². The minimum absolute atomic E-state index is 0.00196. The molecule has 1 atom stereocenters. The number of carbonyl (C=O) groups excluding carboxylic acids is 1. The average molecular weight is 376 g/mol. The summed E-state index contributed by atoms with van der Waals surface area (Å²) >= 11 is 0. The van der Waals surface area contributed by atoms with Crippen LogP contribution in [-0.4, -0.2) is 33.0 Å². The Morgan fingerprint density at radius 1 is 1.19 bits per heavy atom. The normalized spacial score (nSPS) is 12.8. The number of aryl methyl sites for hydroxylation is 1. The van der Waals surface area contributed by atoms with Crippen molar-refractivity contribution in [2.45, 2.75) is 31.2 Å². The molecule has 1 N–H and O–H groups in total. The number of nitrogens with zero attached hydrogens (tertiary/aromatic N) is 1. The molecule has 2 aromatic carbocycles. The van der Waals surface area contributed by atoms with Crippen molar-refractivity contribution < 1.29 is 18.0 Å². The van der Waals surface area contributed by atoms with E-state index in [4.69, 9.17) is 4.84 Å². The van der Waals surface area contributed by atoms with E-state index in [1.807, 2.05) is 38.1 Å². The van der Waals surface area contributed by atoms with Gasteiger partial charge < -0.3 is 5.32 Å². The van der Waals surface area contributed by atoms with Gasteiger partial charge in [0.15, 0.2) is 0 Å². The first kappa shape index (κ1) is 20.1. The van der Waals surface area contributed by atoms with Crippen molar-refractivity contribution in [3.63, 3.8) is 0 Å². The standard InChI is InChI=1S/C19H24N2O4S/c1-5-18(15-11-9-14(2)10-12-15)20-19(22)16-7-6-8-17(13-16)26(23,24)21(3)25-4/h6-13,18H,5H2,1-4H3,(H,20,22)/t18-/m0/s1. The van der Waals surface area contributed by atoms with E-state index in [1.54, 1.807) is 6.07 Å². The summed E-state index contributed by atoms with van der Waals surface area (Å²) in [6.07, 6.45) is 0.721. The predicted molar refractivity (Wildman–Crippen MR) is 100 cm³/mol. The molecule has 0 aliphatic rings. The maximum Gasteiger partial charge on any atom is 0.264 e. The molecule has 0 fully saturated rings. The zero-order chi connectivity index (χ0) is 19.3. The molecule has 0 unspecified atom stereocenters. The summed E-state index contributed by atoms with van der Waals surface area (Å²) in [5.74, 6) is -0.324. The Kier molecular flexibility index (Phi) is 6.52. The number of carbonyl (C=O) groups is 1. The van der Waals surface area contributed by atoms with Crippen LogP contribution in [0.3, 0.4) is 0 Å². The number of rotatable bonds is 7. The Morgan fingerprint density at radius 3 is 2.42 bits per heavy atom. The molecule has 2 aromatic rings. The van der Waals surface area contributed by atoms with E-state index >= 15 is 0 Å². The first-order valence-electron chi connectivity index (χ1n) is 8.30. The molecule has 0 saturated heterocycles. The van der Waals surface area contributed by atoms with Gasteiger partial charge in [0.05, 0.1) is 18.0 Å². The first-order chi connectivity index (χ1) is 12.3. The van der Waals surface area contributed by atoms with E-state index in [9.17, 15) is 13.2 Å². The molecule has 0 radical (unpaired) electrons. The summed E-state index contributed by atoms with van der Waals surface area (Å²) in [7, 11) is -1.24. The van der Waals surface area contributed by atoms with Gasteiger partial charge in [0.1, 0.15) is 0 Å². The summed E-state index contributed by atoms with van der Waals surface area (Å²) in [6.45, 7) is 3.99. The quantitative estimate of drug-likeness (QED) is 0.754. The minimum atomic E-state index is -3.80. The van der Waals surface area contributed by atoms with Crippen molar-refractivity contribution in [1.29, 1.82) is 0 Å². The molecule has 0 aromatic heterocycles. The van der Waals surface area contributed by atoms with E-state index in [0.29, 0.717) is 0 Å². The van der Waals surface area contributed by atoms with Crippen LogP contribution in [0.5, 0.6) is 0 Å². The van der Waals surface area contributed by atoms with Crippen LogP contribution in [0, 0.1) is 6.92 Å². The fourth-order valence-corrected chi connectivity index (χ4v) is 3.53. The van der Waals surface area contributed by atoms with Crippen LogP contribution in [-0.2, 0) is 14.9 Å². The summed E-state index contributed by atoms with van der Waals surface area (Å²) in [5, 5.41) is 2.96. The molecule has 0 bridgehead atoms. The van der Waals surface area contributed by atoms with E-state index in [2.05, 4.69) is 5.32 Å². The van der Waals surface area contributed by atoms with Crippen LogP contribution >= 0.6 is 0 Å². The predicted octanol–water partition coefficient (Wildman–Crippen LogP) is 3.06. The highest BCUT2D eigenvalue weighted by Gasteiger charge is 2.22. The zero-order valence-corrected chi connectivity index (χ0v) is 16.2. The van der Waals surface area contributed by atoms with Crippen LogP contribution in [0.15, 0.2) is 53.4 Å². The number of nitrogens with one attached hydrogen (secondary N) is 1. The fraction of sp³-hybridized carbons (Fsp3) is 0.316. The highest BCUT2D eigenvalue weighted by Crippen LogP contribution is 2.20. The van der Waals surface area contributed by atoms with E-state index in [0.717, 1.165) is 22.0 Å². The van der Waals surface area contributed by atoms with Gasteiger partial charge in [-0.15, -0.1) is 0 Å². The second-order valence-electron chi connectivity index (χ2n) is 5.97. The van der Waals surface area contributed by atoms with Crippen molar-refractivity contribution in [2.75, 3.05) is 14.2 Å². The van der Waals surface area contributed by atoms with Crippen LogP contribution < -0.4 is 5.32 Å². The lowest BCUT2D eigenvalue weighted by Gasteiger charge is -2.18. The third kappa shape index (κ3) is 4.49. The molecule has 0 saturated carbocycles. The monoisotopic (exact) mass is 376 g/mol. The van der Waals surface area contributed by atoms with Gasteiger partial charge in [-0.05, 0) is 37.1 Å². The maximum absolute atomic E-state index is 12.6. The van der Waals surface area contributed by atoms with Crippen molar-refractivity contribution >= 4 is 15.9 Å². The van der Waals surface area contributed by atoms with Gasteiger partial charge in [0.25, 0.3) is 15.9 Å². The highest BCUT2D eigenvalue weighted by atomic mass is 32.2. The minimum Gasteiger partial charge on any atom is -0.345 e. The molecule has 0 heterocycles. The maximum atomic E-state index is 12.6. The largest absolute Gasteiger partial charge is 0.345 e. The molecular weight excluding hydrogens is 352 g/mol. The van der Waals surface area contributed by atoms with E-state index in [-0.39, 0.29) is 22.4 Å². The first-order valence-corrected chi connectivity index (χ1v) is 9.74. The van der Waals surface area contributed by atoms with E-state index in [1.165, 1.54) is 32.4 Å². The summed E-state index contributed by atoms with van der Waals surface area (Å²) in [5.41, 5.74) is 2.44. The van der Waals surface area contributed by atoms with Crippen LogP contribution in [0.25, 0.3) is 0 Å². The van der Waals surface area contributed by atoms with E-state index < -0.39 is 10.0 Å². The highest BCUT2D eigenvalue weighted by molar-refractivity contribution is 7.89. The summed E-state index contributed by atoms with van der Waals surface area (Å²) < 4.78 is 25.4. The van der Waals surface area contributed by atoms with Crippen LogP contribution in [0.1, 0.15) is 40.9 Å². The number of amides is 1. The fourth-order valence-electron chi connectivity index (χ4n) is 2.51. The van der Waals surface area contributed by atoms with Gasteiger partial charge in [-0.2, -0.15) is 0 Å². The molecule has 1 amide bonds. The van der Waals surface area contributed by atoms with Gasteiger partial charge >= 0.3 is 0 Å². The molecule has 0 aliphatic carbocycles. The number of sulfonamides is 1. The second-order valence-corrected chi connectivity index (χ2v) is 7.91. The second kappa shape index (κ2) is 8.44. The van der Waals surface area contributed by atoms with Gasteiger partial charge in [0.2, 0.25) is 0 Å². The third-order valence-electron chi connectivity index (χ3n) is 4.18.